The number of amides is 1. The van der Waals surface area contributed by atoms with E-state index in [1.807, 2.05) is 12.1 Å². The number of aromatic nitrogens is 4. The summed E-state index contributed by atoms with van der Waals surface area (Å²) in [5.74, 6) is 0.0399. The van der Waals surface area contributed by atoms with E-state index in [4.69, 9.17) is 4.74 Å². The summed E-state index contributed by atoms with van der Waals surface area (Å²) in [6.07, 6.45) is -7.39. The van der Waals surface area contributed by atoms with Crippen LogP contribution in [-0.4, -0.2) is 38.9 Å². The molecule has 42 heavy (non-hydrogen) atoms. The van der Waals surface area contributed by atoms with Crippen LogP contribution in [0, 0.1) is 0 Å². The molecule has 2 aliphatic rings. The summed E-state index contributed by atoms with van der Waals surface area (Å²) in [7, 11) is 1.51. The average molecular weight is 597 g/mol. The number of nitrogens with zero attached hydrogens (tertiary/aromatic N) is 6. The maximum Gasteiger partial charge on any atom is 0.416 e. The number of tetrazole rings is 1. The van der Waals surface area contributed by atoms with Crippen LogP contribution in [0.15, 0.2) is 30.3 Å². The Kier molecular flexibility index (Phi) is 7.84. The van der Waals surface area contributed by atoms with Crippen molar-refractivity contribution in [1.29, 1.82) is 0 Å². The van der Waals surface area contributed by atoms with Crippen LogP contribution in [0.4, 0.5) is 42.8 Å². The van der Waals surface area contributed by atoms with Crippen molar-refractivity contribution in [2.24, 2.45) is 7.05 Å². The van der Waals surface area contributed by atoms with Gasteiger partial charge in [-0.3, -0.25) is 4.90 Å². The van der Waals surface area contributed by atoms with Crippen molar-refractivity contribution in [3.8, 4) is 0 Å². The first kappa shape index (κ1) is 29.6. The molecular weight excluding hydrogens is 566 g/mol. The number of alkyl halides is 6. The van der Waals surface area contributed by atoms with Crippen LogP contribution in [0.1, 0.15) is 72.5 Å². The van der Waals surface area contributed by atoms with Gasteiger partial charge in [-0.25, -0.2) is 4.79 Å². The van der Waals surface area contributed by atoms with E-state index in [1.165, 1.54) is 11.8 Å². The Morgan fingerprint density at radius 2 is 1.64 bits per heavy atom. The SMILES string of the molecule is CC(C)OC(=O)N1CCCC(N(Cc2cc(C(F)(F)F)cc(C(F)(F)F)c2)c2nnn(C)n2)c2cc3c(cc21)CCC3. The van der Waals surface area contributed by atoms with Gasteiger partial charge in [-0.15, -0.1) is 5.10 Å². The molecule has 1 aliphatic carbocycles. The third-order valence-electron chi connectivity index (χ3n) is 7.44. The molecule has 0 N–H and O–H groups in total. The first-order chi connectivity index (χ1) is 19.7. The molecule has 0 fully saturated rings. The number of hydrogen-bond acceptors (Lipinski definition) is 6. The summed E-state index contributed by atoms with van der Waals surface area (Å²) in [5, 5.41) is 12.2. The van der Waals surface area contributed by atoms with Gasteiger partial charge in [0.05, 0.1) is 36.0 Å². The Hall–Kier alpha value is -3.84. The fourth-order valence-corrected chi connectivity index (χ4v) is 5.64. The summed E-state index contributed by atoms with van der Waals surface area (Å²) >= 11 is 0. The highest BCUT2D eigenvalue weighted by atomic mass is 19.4. The van der Waals surface area contributed by atoms with Crippen molar-refractivity contribution in [2.45, 2.75) is 77.0 Å². The Morgan fingerprint density at radius 3 is 2.21 bits per heavy atom. The van der Waals surface area contributed by atoms with Gasteiger partial charge < -0.3 is 9.64 Å². The lowest BCUT2D eigenvalue weighted by Crippen LogP contribution is -2.34. The summed E-state index contributed by atoms with van der Waals surface area (Å²) in [5.41, 5.74) is 0.453. The topological polar surface area (TPSA) is 76.4 Å². The number of carbonyl (C=O) groups excluding carboxylic acids is 1. The van der Waals surface area contributed by atoms with E-state index in [9.17, 15) is 31.1 Å². The lowest BCUT2D eigenvalue weighted by molar-refractivity contribution is -0.143. The molecule has 1 aromatic heterocycles. The molecule has 0 spiro atoms. The van der Waals surface area contributed by atoms with Gasteiger partial charge in [0.1, 0.15) is 0 Å². The predicted molar refractivity (Wildman–Crippen MR) is 141 cm³/mol. The molecule has 0 saturated carbocycles. The van der Waals surface area contributed by atoms with Gasteiger partial charge in [0.15, 0.2) is 0 Å². The largest absolute Gasteiger partial charge is 0.446 e. The third kappa shape index (κ3) is 6.16. The predicted octanol–water partition coefficient (Wildman–Crippen LogP) is 6.63. The maximum absolute atomic E-state index is 13.7. The molecule has 2 aromatic carbocycles. The van der Waals surface area contributed by atoms with Crippen LogP contribution in [0.25, 0.3) is 0 Å². The van der Waals surface area contributed by atoms with Gasteiger partial charge in [0.2, 0.25) is 0 Å². The number of fused-ring (bicyclic) bond motifs is 2. The Morgan fingerprint density at radius 1 is 1.00 bits per heavy atom. The third-order valence-corrected chi connectivity index (χ3v) is 7.44. The molecule has 5 rings (SSSR count). The summed E-state index contributed by atoms with van der Waals surface area (Å²) in [6, 6.07) is 4.88. The molecule has 14 heteroatoms. The zero-order valence-corrected chi connectivity index (χ0v) is 23.3. The Bertz CT molecular complexity index is 1440. The molecule has 0 saturated heterocycles. The van der Waals surface area contributed by atoms with Gasteiger partial charge in [-0.05, 0) is 97.7 Å². The van der Waals surface area contributed by atoms with E-state index in [0.29, 0.717) is 42.8 Å². The molecule has 0 bridgehead atoms. The molecule has 1 unspecified atom stereocenters. The van der Waals surface area contributed by atoms with E-state index in [1.54, 1.807) is 23.6 Å². The second-order valence-corrected chi connectivity index (χ2v) is 10.9. The number of rotatable bonds is 5. The number of benzene rings is 2. The molecule has 0 radical (unpaired) electrons. The van der Waals surface area contributed by atoms with Crippen molar-refractivity contribution in [1.82, 2.24) is 20.2 Å². The van der Waals surface area contributed by atoms with Gasteiger partial charge in [-0.2, -0.15) is 31.1 Å². The van der Waals surface area contributed by atoms with Crippen LogP contribution < -0.4 is 9.80 Å². The zero-order chi connectivity index (χ0) is 30.4. The van der Waals surface area contributed by atoms with E-state index in [0.717, 1.165) is 30.4 Å². The minimum Gasteiger partial charge on any atom is -0.446 e. The molecule has 1 aliphatic heterocycles. The van der Waals surface area contributed by atoms with Gasteiger partial charge in [-0.1, -0.05) is 11.2 Å². The molecule has 1 atom stereocenters. The van der Waals surface area contributed by atoms with Crippen LogP contribution >= 0.6 is 0 Å². The number of anilines is 2. The van der Waals surface area contributed by atoms with Crippen LogP contribution in [0.5, 0.6) is 0 Å². The number of halogens is 6. The van der Waals surface area contributed by atoms with Crippen molar-refractivity contribution in [2.75, 3.05) is 16.3 Å². The fourth-order valence-electron chi connectivity index (χ4n) is 5.64. The molecule has 8 nitrogen and oxygen atoms in total. The van der Waals surface area contributed by atoms with Crippen molar-refractivity contribution < 1.29 is 35.9 Å². The lowest BCUT2D eigenvalue weighted by atomic mass is 9.95. The molecule has 3 aromatic rings. The van der Waals surface area contributed by atoms with Gasteiger partial charge >= 0.3 is 18.4 Å². The van der Waals surface area contributed by atoms with Crippen molar-refractivity contribution >= 4 is 17.7 Å². The molecule has 2 heterocycles. The highest BCUT2D eigenvalue weighted by molar-refractivity contribution is 5.89. The van der Waals surface area contributed by atoms with E-state index in [2.05, 4.69) is 15.4 Å². The molecular formula is C28H30F6N6O2. The number of carbonyl (C=O) groups is 1. The minimum absolute atomic E-state index is 0.0399. The van der Waals surface area contributed by atoms with Crippen LogP contribution in [0.2, 0.25) is 0 Å². The lowest BCUT2D eigenvalue weighted by Gasteiger charge is -2.32. The first-order valence-corrected chi connectivity index (χ1v) is 13.6. The van der Waals surface area contributed by atoms with E-state index >= 15 is 0 Å². The highest BCUT2D eigenvalue weighted by Gasteiger charge is 2.38. The van der Waals surface area contributed by atoms with Crippen molar-refractivity contribution in [3.05, 3.63) is 63.7 Å². The second-order valence-electron chi connectivity index (χ2n) is 10.9. The smallest absolute Gasteiger partial charge is 0.416 e. The maximum atomic E-state index is 13.7. The monoisotopic (exact) mass is 596 g/mol. The summed E-state index contributed by atoms with van der Waals surface area (Å²) < 4.78 is 87.6. The van der Waals surface area contributed by atoms with Crippen molar-refractivity contribution in [3.63, 3.8) is 0 Å². The molecule has 226 valence electrons. The summed E-state index contributed by atoms with van der Waals surface area (Å²) in [6.45, 7) is 3.44. The highest BCUT2D eigenvalue weighted by Crippen LogP contribution is 2.43. The average Bonchev–Trinajstić information content (AvgIpc) is 3.49. The first-order valence-electron chi connectivity index (χ1n) is 13.6. The second kappa shape index (κ2) is 11.1. The quantitative estimate of drug-likeness (QED) is 0.308. The Balaban J connectivity index is 1.64. The van der Waals surface area contributed by atoms with Crippen LogP contribution in [0.3, 0.4) is 0 Å². The van der Waals surface area contributed by atoms with E-state index in [-0.39, 0.29) is 30.2 Å². The zero-order valence-electron chi connectivity index (χ0n) is 23.3. The normalized spacial score (nSPS) is 17.2. The molecule has 1 amide bonds. The number of aryl methyl sites for hydroxylation is 3. The van der Waals surface area contributed by atoms with E-state index < -0.39 is 35.6 Å². The number of ether oxygens (including phenoxy) is 1. The van der Waals surface area contributed by atoms with Gasteiger partial charge in [0.25, 0.3) is 5.95 Å². The Labute approximate surface area is 238 Å². The number of hydrogen-bond donors (Lipinski definition) is 0. The van der Waals surface area contributed by atoms with Gasteiger partial charge in [0, 0.05) is 13.1 Å². The minimum atomic E-state index is -4.99. The summed E-state index contributed by atoms with van der Waals surface area (Å²) in [4.78, 5) is 17.5. The standard InChI is InChI=1S/C28H30F6N6O2/c1-16(2)42-26(41)39-9-5-8-23(22-12-18-6-4-7-19(18)13-24(22)39)40(25-35-37-38(3)36-25)15-17-10-20(27(29,30)31)14-21(11-17)28(32,33)34/h10-14,16,23H,4-9,15H2,1-3H3. The van der Waals surface area contributed by atoms with Crippen LogP contribution in [-0.2, 0) is 43.5 Å². The fraction of sp³-hybridized carbons (Fsp3) is 0.500.